The predicted octanol–water partition coefficient (Wildman–Crippen LogP) is 0.556. The van der Waals surface area contributed by atoms with E-state index in [0.29, 0.717) is 0 Å². The van der Waals surface area contributed by atoms with Gasteiger partial charge in [-0.2, -0.15) is 0 Å². The van der Waals surface area contributed by atoms with Crippen molar-refractivity contribution in [1.29, 1.82) is 0 Å². The topological polar surface area (TPSA) is 28.5 Å². The maximum absolute atomic E-state index is 10.5. The molecule has 1 nitrogen and oxygen atoms in total. The van der Waals surface area contributed by atoms with E-state index in [-0.39, 0.29) is 5.48 Å². The Kier molecular flexibility index (Phi) is 6.72. The first-order valence-electron chi connectivity index (χ1n) is 1.07. The second-order valence-electron chi connectivity index (χ2n) is 0.781. The summed E-state index contributed by atoms with van der Waals surface area (Å²) in [6, 6.07) is 0. The van der Waals surface area contributed by atoms with Gasteiger partial charge in [0.1, 0.15) is 0 Å². The quantitative estimate of drug-likeness (QED) is 0.568. The Morgan fingerprint density at radius 2 is 1.17 bits per heavy atom. The van der Waals surface area contributed by atoms with Crippen molar-refractivity contribution in [2.45, 2.75) is -2.40 Å². The average molecular weight is 218 g/mol. The van der Waals surface area contributed by atoms with Crippen LogP contribution in [0.1, 0.15) is 0 Å². The van der Waals surface area contributed by atoms with E-state index in [0.717, 1.165) is 0 Å². The number of hydrogen-bond acceptors (Lipinski definition) is 0. The predicted molar refractivity (Wildman–Crippen MR) is 12.5 cm³/mol. The van der Waals surface area contributed by atoms with Gasteiger partial charge in [0.25, 0.3) is 0 Å². The first-order valence-corrected chi connectivity index (χ1v) is 4.21. The Morgan fingerprint density at radius 3 is 1.17 bits per heavy atom. The van der Waals surface area contributed by atoms with Crippen molar-refractivity contribution in [2.24, 2.45) is 0 Å². The molecular weight excluding hydrogens is 218 g/mol. The summed E-state index contributed by atoms with van der Waals surface area (Å²) in [5.74, 6) is 0. The summed E-state index contributed by atoms with van der Waals surface area (Å²) in [5, 5.41) is 0. The smallest absolute Gasteiger partial charge is 0 e. The van der Waals surface area contributed by atoms with E-state index in [9.17, 15) is 13.2 Å². The maximum atomic E-state index is 10.5. The van der Waals surface area contributed by atoms with Crippen molar-refractivity contribution in [3.63, 3.8) is 0 Å². The third kappa shape index (κ3) is 41.2. The van der Waals surface area contributed by atoms with Gasteiger partial charge in [-0.25, -0.2) is 0 Å². The van der Waals surface area contributed by atoms with Crippen molar-refractivity contribution < 1.29 is 18.6 Å². The molecule has 0 aromatic heterocycles. The van der Waals surface area contributed by atoms with Crippen molar-refractivity contribution in [1.82, 2.24) is 0 Å². The summed E-state index contributed by atoms with van der Waals surface area (Å²) in [7, 11) is 0. The number of alkyl halides is 3. The van der Waals surface area contributed by atoms with Gasteiger partial charge >= 0.3 is 76.7 Å². The molecule has 32 valence electrons. The zero-order valence-electron chi connectivity index (χ0n) is 3.04. The van der Waals surface area contributed by atoms with Crippen LogP contribution in [0.2, 0.25) is 0 Å². The van der Waals surface area contributed by atoms with Gasteiger partial charge in [0.05, 0.1) is 0 Å². The Balaban J connectivity index is 0. The van der Waals surface area contributed by atoms with Gasteiger partial charge < -0.3 is 0 Å². The summed E-state index contributed by atoms with van der Waals surface area (Å²) >= 11 is -1.22. The molecule has 0 aliphatic heterocycles. The van der Waals surface area contributed by atoms with Crippen LogP contribution < -0.4 is 0 Å². The van der Waals surface area contributed by atoms with Gasteiger partial charge in [-0.15, -0.1) is 0 Å². The number of hydrogen-bond donors (Lipinski definition) is 0. The molecule has 0 unspecified atom stereocenters. The molecule has 0 amide bonds. The van der Waals surface area contributed by atoms with E-state index in [1.807, 2.05) is 0 Å². The molecule has 0 aromatic rings. The van der Waals surface area contributed by atoms with Gasteiger partial charge in [0.2, 0.25) is 0 Å². The minimum absolute atomic E-state index is 0. The van der Waals surface area contributed by atoms with E-state index in [4.69, 9.17) is 0 Å². The third-order valence-electron chi connectivity index (χ3n) is 0. The molecule has 0 atom stereocenters. The van der Waals surface area contributed by atoms with Gasteiger partial charge in [0.15, 0.2) is 0 Å². The summed E-state index contributed by atoms with van der Waals surface area (Å²) in [6.07, 6.45) is 0. The van der Waals surface area contributed by atoms with Crippen LogP contribution in [0.4, 0.5) is 13.2 Å². The van der Waals surface area contributed by atoms with Crippen LogP contribution >= 0.6 is 0 Å². The van der Waals surface area contributed by atoms with Gasteiger partial charge in [-0.1, -0.05) is 0 Å². The van der Waals surface area contributed by atoms with Gasteiger partial charge in [0, 0.05) is 5.48 Å². The molecule has 0 aromatic carbocycles. The minimum atomic E-state index is -3.78. The zero-order chi connectivity index (χ0) is 4.50. The van der Waals surface area contributed by atoms with Crippen LogP contribution in [-0.4, -0.2) is 63.5 Å². The average Bonchev–Trinajstić information content (AvgIpc) is 0.722. The third-order valence-corrected chi connectivity index (χ3v) is 0. The number of rotatable bonds is 0. The van der Waals surface area contributed by atoms with Crippen LogP contribution in [0.15, 0.2) is 0 Å². The molecule has 0 rings (SSSR count). The largest absolute Gasteiger partial charge is 0 e. The molecule has 0 fully saturated rings. The molecule has 0 saturated carbocycles. The van der Waals surface area contributed by atoms with Gasteiger partial charge in [-0.3, -0.25) is 0 Å². The second kappa shape index (κ2) is 3.76. The fraction of sp³-hybridized carbons (Fsp3) is 1.00. The van der Waals surface area contributed by atoms with Crippen molar-refractivity contribution in [2.75, 3.05) is 0 Å². The molecule has 0 N–H and O–H groups in total. The molecule has 0 aliphatic rings. The van der Waals surface area contributed by atoms with Crippen LogP contribution in [0.3, 0.4) is 0 Å². The van der Waals surface area contributed by atoms with E-state index in [1.54, 1.807) is 0 Å². The standard InChI is InChI=1S/CF3.Cs.O/c2-1(3)4;;. The Hall–Kier alpha value is 1.80. The Labute approximate surface area is 80.0 Å². The molecule has 0 saturated heterocycles. The van der Waals surface area contributed by atoms with Crippen LogP contribution in [0.25, 0.3) is 0 Å². The molecule has 2 radical (unpaired) electrons. The first kappa shape index (κ1) is 10.7. The molecule has 0 heterocycles. The van der Waals surface area contributed by atoms with Crippen LogP contribution in [-0.2, 0) is 5.48 Å². The SMILES string of the molecule is F[C](F)(F)[Cs].[O]. The monoisotopic (exact) mass is 218 g/mol. The molecule has 0 aliphatic carbocycles. The zero-order valence-corrected chi connectivity index (χ0v) is 9.32. The van der Waals surface area contributed by atoms with Crippen molar-refractivity contribution in [3.8, 4) is 0 Å². The number of halogens is 3. The normalized spacial score (nSPS) is 10.2. The van der Waals surface area contributed by atoms with E-state index in [1.165, 1.54) is 0 Å². The van der Waals surface area contributed by atoms with Crippen LogP contribution in [0, 0.1) is 0 Å². The fourth-order valence-corrected chi connectivity index (χ4v) is 0. The molecular formula is CCsF3O. The van der Waals surface area contributed by atoms with Crippen molar-refractivity contribution >= 4 is 65.9 Å². The molecule has 0 spiro atoms. The molecule has 6 heavy (non-hydrogen) atoms. The summed E-state index contributed by atoms with van der Waals surface area (Å²) < 4.78 is 27.6. The van der Waals surface area contributed by atoms with E-state index >= 15 is 0 Å². The summed E-state index contributed by atoms with van der Waals surface area (Å²) in [4.78, 5) is 0. The second-order valence-corrected chi connectivity index (χ2v) is 4.34. The minimum Gasteiger partial charge on any atom is 0 e. The summed E-state index contributed by atoms with van der Waals surface area (Å²) in [6.45, 7) is 0. The van der Waals surface area contributed by atoms with Crippen molar-refractivity contribution in [3.05, 3.63) is 0 Å². The molecule has 0 bridgehead atoms. The Morgan fingerprint density at radius 1 is 1.17 bits per heavy atom. The van der Waals surface area contributed by atoms with E-state index in [2.05, 4.69) is 0 Å². The fourth-order valence-electron chi connectivity index (χ4n) is 0. The summed E-state index contributed by atoms with van der Waals surface area (Å²) in [5.41, 5.74) is 0. The maximum Gasteiger partial charge on any atom is 0 e. The Bertz CT molecular complexity index is 26.3. The molecule has 5 heteroatoms. The van der Waals surface area contributed by atoms with Crippen LogP contribution in [0.5, 0.6) is 0 Å². The first-order chi connectivity index (χ1) is 2.00. The van der Waals surface area contributed by atoms with E-state index < -0.39 is 63.5 Å². The van der Waals surface area contributed by atoms with Gasteiger partial charge in [-0.05, 0) is 0 Å².